The standard InChI is InChI=1S/C19H18N4/c1-14(18-13-23-10-3-2-6-19(23)22-18)21-12-15-7-8-17-16(11-15)5-4-9-20-17/h2-11,13-14,21H,12H2,1H3. The summed E-state index contributed by atoms with van der Waals surface area (Å²) in [7, 11) is 0. The van der Waals surface area contributed by atoms with Crippen LogP contribution in [0.5, 0.6) is 0 Å². The number of hydrogen-bond donors (Lipinski definition) is 1. The van der Waals surface area contributed by atoms with E-state index >= 15 is 0 Å². The zero-order chi connectivity index (χ0) is 15.6. The number of hydrogen-bond acceptors (Lipinski definition) is 3. The van der Waals surface area contributed by atoms with Gasteiger partial charge in [-0.3, -0.25) is 4.98 Å². The fraction of sp³-hybridized carbons (Fsp3) is 0.158. The average molecular weight is 302 g/mol. The smallest absolute Gasteiger partial charge is 0.137 e. The Kier molecular flexibility index (Phi) is 3.52. The van der Waals surface area contributed by atoms with E-state index in [9.17, 15) is 0 Å². The molecular weight excluding hydrogens is 284 g/mol. The van der Waals surface area contributed by atoms with E-state index in [0.717, 1.165) is 23.4 Å². The highest BCUT2D eigenvalue weighted by atomic mass is 15.0. The molecule has 0 radical (unpaired) electrons. The van der Waals surface area contributed by atoms with Gasteiger partial charge in [0.2, 0.25) is 0 Å². The molecule has 1 aromatic carbocycles. The maximum absolute atomic E-state index is 4.67. The second-order valence-electron chi connectivity index (χ2n) is 5.76. The molecule has 114 valence electrons. The maximum Gasteiger partial charge on any atom is 0.137 e. The molecule has 1 atom stereocenters. The normalized spacial score (nSPS) is 12.7. The summed E-state index contributed by atoms with van der Waals surface area (Å²) in [6.45, 7) is 2.95. The van der Waals surface area contributed by atoms with Crippen LogP contribution in [0.4, 0.5) is 0 Å². The predicted octanol–water partition coefficient (Wildman–Crippen LogP) is 3.73. The van der Waals surface area contributed by atoms with Crippen LogP contribution in [0.2, 0.25) is 0 Å². The van der Waals surface area contributed by atoms with Crippen molar-refractivity contribution < 1.29 is 0 Å². The van der Waals surface area contributed by atoms with Gasteiger partial charge < -0.3 is 9.72 Å². The molecular formula is C19H18N4. The molecule has 23 heavy (non-hydrogen) atoms. The number of benzene rings is 1. The lowest BCUT2D eigenvalue weighted by Crippen LogP contribution is -2.18. The minimum Gasteiger partial charge on any atom is -0.307 e. The third kappa shape index (κ3) is 2.81. The molecule has 4 rings (SSSR count). The first kappa shape index (κ1) is 13.9. The Morgan fingerprint density at radius 3 is 3.00 bits per heavy atom. The van der Waals surface area contributed by atoms with Crippen molar-refractivity contribution in [3.8, 4) is 0 Å². The zero-order valence-corrected chi connectivity index (χ0v) is 13.0. The fourth-order valence-electron chi connectivity index (χ4n) is 2.77. The van der Waals surface area contributed by atoms with Crippen molar-refractivity contribution >= 4 is 16.6 Å². The Hall–Kier alpha value is -2.72. The molecule has 0 aliphatic rings. The Labute approximate surface area is 134 Å². The molecule has 0 spiro atoms. The molecule has 0 amide bonds. The van der Waals surface area contributed by atoms with Gasteiger partial charge in [-0.15, -0.1) is 0 Å². The molecule has 4 heteroatoms. The summed E-state index contributed by atoms with van der Waals surface area (Å²) >= 11 is 0. The van der Waals surface area contributed by atoms with Crippen molar-refractivity contribution in [2.45, 2.75) is 19.5 Å². The number of nitrogens with zero attached hydrogens (tertiary/aromatic N) is 3. The van der Waals surface area contributed by atoms with Crippen LogP contribution in [0.15, 0.2) is 67.1 Å². The van der Waals surface area contributed by atoms with Gasteiger partial charge in [-0.05, 0) is 42.8 Å². The van der Waals surface area contributed by atoms with Crippen molar-refractivity contribution in [3.05, 3.63) is 78.4 Å². The number of fused-ring (bicyclic) bond motifs is 2. The van der Waals surface area contributed by atoms with Crippen LogP contribution in [0, 0.1) is 0 Å². The number of imidazole rings is 1. The van der Waals surface area contributed by atoms with Crippen LogP contribution in [-0.4, -0.2) is 14.4 Å². The summed E-state index contributed by atoms with van der Waals surface area (Å²) < 4.78 is 2.05. The van der Waals surface area contributed by atoms with Gasteiger partial charge in [0.1, 0.15) is 5.65 Å². The second-order valence-corrected chi connectivity index (χ2v) is 5.76. The minimum absolute atomic E-state index is 0.194. The molecule has 0 fully saturated rings. The van der Waals surface area contributed by atoms with Crippen molar-refractivity contribution in [3.63, 3.8) is 0 Å². The van der Waals surface area contributed by atoms with Gasteiger partial charge in [0.25, 0.3) is 0 Å². The van der Waals surface area contributed by atoms with E-state index in [4.69, 9.17) is 0 Å². The number of pyridine rings is 2. The van der Waals surface area contributed by atoms with E-state index in [0.29, 0.717) is 0 Å². The van der Waals surface area contributed by atoms with Crippen molar-refractivity contribution in [1.29, 1.82) is 0 Å². The van der Waals surface area contributed by atoms with Gasteiger partial charge in [0.15, 0.2) is 0 Å². The zero-order valence-electron chi connectivity index (χ0n) is 13.0. The van der Waals surface area contributed by atoms with Crippen LogP contribution in [-0.2, 0) is 6.54 Å². The molecule has 3 aromatic heterocycles. The molecule has 4 nitrogen and oxygen atoms in total. The molecule has 0 bridgehead atoms. The van der Waals surface area contributed by atoms with Gasteiger partial charge in [0, 0.05) is 36.6 Å². The molecule has 0 saturated carbocycles. The molecule has 0 aliphatic carbocycles. The van der Waals surface area contributed by atoms with Crippen LogP contribution in [0.3, 0.4) is 0 Å². The molecule has 4 aromatic rings. The van der Waals surface area contributed by atoms with Gasteiger partial charge in [0.05, 0.1) is 11.2 Å². The lowest BCUT2D eigenvalue weighted by Gasteiger charge is -2.11. The average Bonchev–Trinajstić information content (AvgIpc) is 3.04. The highest BCUT2D eigenvalue weighted by Gasteiger charge is 2.09. The van der Waals surface area contributed by atoms with E-state index in [1.807, 2.05) is 36.7 Å². The van der Waals surface area contributed by atoms with E-state index in [2.05, 4.69) is 57.1 Å². The third-order valence-electron chi connectivity index (χ3n) is 4.11. The van der Waals surface area contributed by atoms with Gasteiger partial charge >= 0.3 is 0 Å². The van der Waals surface area contributed by atoms with Crippen LogP contribution in [0.25, 0.3) is 16.6 Å². The number of nitrogens with one attached hydrogen (secondary N) is 1. The minimum atomic E-state index is 0.194. The lowest BCUT2D eigenvalue weighted by atomic mass is 10.1. The van der Waals surface area contributed by atoms with E-state index in [1.165, 1.54) is 10.9 Å². The Morgan fingerprint density at radius 2 is 2.09 bits per heavy atom. The van der Waals surface area contributed by atoms with Gasteiger partial charge in [-0.25, -0.2) is 4.98 Å². The van der Waals surface area contributed by atoms with Crippen molar-refractivity contribution in [2.24, 2.45) is 0 Å². The largest absolute Gasteiger partial charge is 0.307 e. The molecule has 1 N–H and O–H groups in total. The lowest BCUT2D eigenvalue weighted by molar-refractivity contribution is 0.564. The first-order chi connectivity index (χ1) is 11.3. The first-order valence-corrected chi connectivity index (χ1v) is 7.80. The Morgan fingerprint density at radius 1 is 1.13 bits per heavy atom. The third-order valence-corrected chi connectivity index (χ3v) is 4.11. The quantitative estimate of drug-likeness (QED) is 0.624. The topological polar surface area (TPSA) is 42.2 Å². The van der Waals surface area contributed by atoms with Crippen molar-refractivity contribution in [1.82, 2.24) is 19.7 Å². The summed E-state index contributed by atoms with van der Waals surface area (Å²) in [5.74, 6) is 0. The predicted molar refractivity (Wildman–Crippen MR) is 92.2 cm³/mol. The second kappa shape index (κ2) is 5.82. The summed E-state index contributed by atoms with van der Waals surface area (Å²) in [5.41, 5.74) is 4.32. The van der Waals surface area contributed by atoms with E-state index in [-0.39, 0.29) is 6.04 Å². The highest BCUT2D eigenvalue weighted by molar-refractivity contribution is 5.78. The number of rotatable bonds is 4. The molecule has 3 heterocycles. The summed E-state index contributed by atoms with van der Waals surface area (Å²) in [4.78, 5) is 9.02. The van der Waals surface area contributed by atoms with E-state index in [1.54, 1.807) is 0 Å². The van der Waals surface area contributed by atoms with E-state index < -0.39 is 0 Å². The summed E-state index contributed by atoms with van der Waals surface area (Å²) in [6.07, 6.45) is 5.93. The maximum atomic E-state index is 4.67. The van der Waals surface area contributed by atoms with Crippen LogP contribution in [0.1, 0.15) is 24.2 Å². The molecule has 1 unspecified atom stereocenters. The Bertz CT molecular complexity index is 925. The van der Waals surface area contributed by atoms with Crippen molar-refractivity contribution in [2.75, 3.05) is 0 Å². The summed E-state index contributed by atoms with van der Waals surface area (Å²) in [5, 5.41) is 4.72. The Balaban J connectivity index is 1.50. The fourth-order valence-corrected chi connectivity index (χ4v) is 2.77. The highest BCUT2D eigenvalue weighted by Crippen LogP contribution is 2.16. The number of aromatic nitrogens is 3. The molecule has 0 aliphatic heterocycles. The monoisotopic (exact) mass is 302 g/mol. The van der Waals surface area contributed by atoms with Gasteiger partial charge in [-0.1, -0.05) is 18.2 Å². The first-order valence-electron chi connectivity index (χ1n) is 7.80. The SMILES string of the molecule is CC(NCc1ccc2ncccc2c1)c1cn2ccccc2n1. The van der Waals surface area contributed by atoms with Crippen LogP contribution >= 0.6 is 0 Å². The van der Waals surface area contributed by atoms with Gasteiger partial charge in [-0.2, -0.15) is 0 Å². The van der Waals surface area contributed by atoms with Crippen LogP contribution < -0.4 is 5.32 Å². The molecule has 0 saturated heterocycles. The summed E-state index contributed by atoms with van der Waals surface area (Å²) in [6, 6.07) is 16.7.